The Labute approximate surface area is 199 Å². The molecule has 1 heterocycles. The number of imide groups is 1. The van der Waals surface area contributed by atoms with E-state index < -0.39 is 46.8 Å². The standard InChI is InChI=1S/C24H20ClN3O6/c1-14-4-2-7-19-21(14)24(32)27(23(19)31)26(13-20(29)15-8-10-17(25)11-9-15)22(30)16-5-3-6-18(12-16)28(33)34/h2-6,8-12,14,19,21H,7,13H2,1H3/t14-,19-,21+/m1/s1. The van der Waals surface area contributed by atoms with Crippen molar-refractivity contribution in [2.24, 2.45) is 17.8 Å². The summed E-state index contributed by atoms with van der Waals surface area (Å²) in [5.41, 5.74) is -0.229. The number of Topliss-reactive ketones (excluding diaryl/α,β-unsaturated/α-hetero) is 1. The Bertz CT molecular complexity index is 1230. The highest BCUT2D eigenvalue weighted by Crippen LogP contribution is 2.39. The molecule has 1 fully saturated rings. The maximum absolute atomic E-state index is 13.5. The molecule has 10 heteroatoms. The van der Waals surface area contributed by atoms with Crippen molar-refractivity contribution in [3.05, 3.63) is 86.9 Å². The molecule has 0 N–H and O–H groups in total. The van der Waals surface area contributed by atoms with E-state index >= 15 is 0 Å². The van der Waals surface area contributed by atoms with Gasteiger partial charge in [0.05, 0.1) is 16.8 Å². The second kappa shape index (κ2) is 9.18. The molecule has 3 amide bonds. The normalized spacial score (nSPS) is 21.4. The van der Waals surface area contributed by atoms with Crippen LogP contribution in [0, 0.1) is 27.9 Å². The van der Waals surface area contributed by atoms with Crippen LogP contribution in [0.2, 0.25) is 5.02 Å². The number of nitrogens with zero attached hydrogens (tertiary/aromatic N) is 3. The predicted octanol–water partition coefficient (Wildman–Crippen LogP) is 3.69. The first-order chi connectivity index (χ1) is 16.2. The highest BCUT2D eigenvalue weighted by Gasteiger charge is 2.53. The Balaban J connectivity index is 1.73. The van der Waals surface area contributed by atoms with E-state index in [0.29, 0.717) is 11.4 Å². The average Bonchev–Trinajstić information content (AvgIpc) is 3.08. The molecule has 0 radical (unpaired) electrons. The van der Waals surface area contributed by atoms with Gasteiger partial charge < -0.3 is 0 Å². The fourth-order valence-electron chi connectivity index (χ4n) is 4.37. The van der Waals surface area contributed by atoms with E-state index in [1.807, 2.05) is 19.1 Å². The van der Waals surface area contributed by atoms with Gasteiger partial charge in [0.1, 0.15) is 6.54 Å². The van der Waals surface area contributed by atoms with Crippen molar-refractivity contribution in [3.8, 4) is 0 Å². The van der Waals surface area contributed by atoms with Crippen molar-refractivity contribution in [2.75, 3.05) is 6.54 Å². The minimum atomic E-state index is -0.869. The second-order valence-corrected chi connectivity index (χ2v) is 8.68. The van der Waals surface area contributed by atoms with Crippen molar-refractivity contribution in [1.29, 1.82) is 0 Å². The number of non-ortho nitro benzene ring substituents is 1. The molecule has 0 spiro atoms. The summed E-state index contributed by atoms with van der Waals surface area (Å²) in [6.45, 7) is 1.20. The summed E-state index contributed by atoms with van der Waals surface area (Å²) in [4.78, 5) is 63.6. The molecular formula is C24H20ClN3O6. The van der Waals surface area contributed by atoms with Gasteiger partial charge in [0, 0.05) is 28.3 Å². The van der Waals surface area contributed by atoms with Crippen LogP contribution in [0.3, 0.4) is 0 Å². The second-order valence-electron chi connectivity index (χ2n) is 8.24. The van der Waals surface area contributed by atoms with E-state index in [1.54, 1.807) is 0 Å². The Morgan fingerprint density at radius 3 is 2.47 bits per heavy atom. The number of ketones is 1. The summed E-state index contributed by atoms with van der Waals surface area (Å²) in [5.74, 6) is -4.06. The van der Waals surface area contributed by atoms with Gasteiger partial charge in [0.15, 0.2) is 5.78 Å². The molecule has 2 aromatic rings. The maximum atomic E-state index is 13.5. The zero-order valence-corrected chi connectivity index (χ0v) is 18.8. The van der Waals surface area contributed by atoms with Gasteiger partial charge in [-0.05, 0) is 42.7 Å². The molecule has 2 aromatic carbocycles. The number of nitro benzene ring substituents is 1. The van der Waals surface area contributed by atoms with Crippen molar-refractivity contribution >= 4 is 40.8 Å². The molecule has 9 nitrogen and oxygen atoms in total. The molecule has 0 bridgehead atoms. The smallest absolute Gasteiger partial charge is 0.273 e. The Morgan fingerprint density at radius 2 is 1.82 bits per heavy atom. The van der Waals surface area contributed by atoms with Gasteiger partial charge in [-0.1, -0.05) is 36.7 Å². The summed E-state index contributed by atoms with van der Waals surface area (Å²) in [6.07, 6.45) is 4.02. The van der Waals surface area contributed by atoms with Gasteiger partial charge >= 0.3 is 0 Å². The summed E-state index contributed by atoms with van der Waals surface area (Å²) < 4.78 is 0. The lowest BCUT2D eigenvalue weighted by Crippen LogP contribution is -2.52. The van der Waals surface area contributed by atoms with E-state index in [1.165, 1.54) is 42.5 Å². The Hall–Kier alpha value is -3.85. The minimum Gasteiger partial charge on any atom is -0.292 e. The number of hydrazine groups is 1. The summed E-state index contributed by atoms with van der Waals surface area (Å²) in [7, 11) is 0. The van der Waals surface area contributed by atoms with Crippen LogP contribution in [0.1, 0.15) is 34.1 Å². The maximum Gasteiger partial charge on any atom is 0.273 e. The van der Waals surface area contributed by atoms with Crippen molar-refractivity contribution < 1.29 is 24.1 Å². The summed E-state index contributed by atoms with van der Waals surface area (Å²) in [6, 6.07) is 10.9. The third-order valence-corrected chi connectivity index (χ3v) is 6.34. The van der Waals surface area contributed by atoms with Gasteiger partial charge in [-0.25, -0.2) is 5.01 Å². The van der Waals surface area contributed by atoms with Crippen LogP contribution in [-0.2, 0) is 9.59 Å². The lowest BCUT2D eigenvalue weighted by atomic mass is 9.78. The Kier molecular flexibility index (Phi) is 6.30. The van der Waals surface area contributed by atoms with Gasteiger partial charge in [0.2, 0.25) is 0 Å². The summed E-state index contributed by atoms with van der Waals surface area (Å²) >= 11 is 5.88. The molecule has 0 saturated carbocycles. The lowest BCUT2D eigenvalue weighted by Gasteiger charge is -2.30. The molecule has 0 unspecified atom stereocenters. The fourth-order valence-corrected chi connectivity index (χ4v) is 4.49. The number of carbonyl (C=O) groups excluding carboxylic acids is 4. The number of halogens is 1. The number of hydrogen-bond donors (Lipinski definition) is 0. The van der Waals surface area contributed by atoms with Crippen LogP contribution in [0.25, 0.3) is 0 Å². The minimum absolute atomic E-state index is 0.125. The van der Waals surface area contributed by atoms with Crippen LogP contribution in [0.5, 0.6) is 0 Å². The first-order valence-electron chi connectivity index (χ1n) is 10.6. The number of fused-ring (bicyclic) bond motifs is 1. The molecule has 1 saturated heterocycles. The monoisotopic (exact) mass is 481 g/mol. The first kappa shape index (κ1) is 23.3. The van der Waals surface area contributed by atoms with Crippen LogP contribution < -0.4 is 0 Å². The lowest BCUT2D eigenvalue weighted by molar-refractivity contribution is -0.384. The largest absolute Gasteiger partial charge is 0.292 e. The third kappa shape index (κ3) is 4.22. The third-order valence-electron chi connectivity index (χ3n) is 6.09. The molecule has 34 heavy (non-hydrogen) atoms. The van der Waals surface area contributed by atoms with E-state index in [0.717, 1.165) is 16.1 Å². The number of nitro groups is 1. The van der Waals surface area contributed by atoms with Crippen LogP contribution >= 0.6 is 11.6 Å². The molecule has 0 aromatic heterocycles. The Morgan fingerprint density at radius 1 is 1.12 bits per heavy atom. The SMILES string of the molecule is C[C@@H]1C=CC[C@H]2C(=O)N(N(CC(=O)c3ccc(Cl)cc3)C(=O)c3cccc([N+](=O)[O-])c3)C(=O)[C@@H]12. The molecule has 1 aliphatic carbocycles. The fraction of sp³-hybridized carbons (Fsp3) is 0.250. The van der Waals surface area contributed by atoms with Gasteiger partial charge in [0.25, 0.3) is 23.4 Å². The van der Waals surface area contributed by atoms with E-state index in [-0.39, 0.29) is 22.7 Å². The van der Waals surface area contributed by atoms with Crippen molar-refractivity contribution in [1.82, 2.24) is 10.0 Å². The van der Waals surface area contributed by atoms with E-state index in [9.17, 15) is 29.3 Å². The van der Waals surface area contributed by atoms with Crippen molar-refractivity contribution in [3.63, 3.8) is 0 Å². The van der Waals surface area contributed by atoms with Crippen LogP contribution in [0.15, 0.2) is 60.7 Å². The highest BCUT2D eigenvalue weighted by atomic mass is 35.5. The zero-order valence-electron chi connectivity index (χ0n) is 18.1. The van der Waals surface area contributed by atoms with Crippen molar-refractivity contribution in [2.45, 2.75) is 13.3 Å². The molecule has 3 atom stereocenters. The van der Waals surface area contributed by atoms with Crippen LogP contribution in [0.4, 0.5) is 5.69 Å². The zero-order chi connectivity index (χ0) is 24.6. The predicted molar refractivity (Wildman–Crippen MR) is 122 cm³/mol. The van der Waals surface area contributed by atoms with E-state index in [2.05, 4.69) is 0 Å². The van der Waals surface area contributed by atoms with Crippen LogP contribution in [-0.4, -0.2) is 45.0 Å². The van der Waals surface area contributed by atoms with Gasteiger partial charge in [-0.3, -0.25) is 29.3 Å². The summed E-state index contributed by atoms with van der Waals surface area (Å²) in [5, 5.41) is 13.1. The molecule has 174 valence electrons. The highest BCUT2D eigenvalue weighted by molar-refractivity contribution is 6.30. The number of allylic oxidation sites excluding steroid dienone is 2. The topological polar surface area (TPSA) is 118 Å². The molecule has 2 aliphatic rings. The first-order valence-corrected chi connectivity index (χ1v) is 11.0. The number of benzene rings is 2. The van der Waals surface area contributed by atoms with Gasteiger partial charge in [-0.2, -0.15) is 5.01 Å². The molecule has 4 rings (SSSR count). The quantitative estimate of drug-likeness (QED) is 0.204. The number of carbonyl (C=O) groups is 4. The van der Waals surface area contributed by atoms with Gasteiger partial charge in [-0.15, -0.1) is 0 Å². The van der Waals surface area contributed by atoms with E-state index in [4.69, 9.17) is 11.6 Å². The number of hydrogen-bond acceptors (Lipinski definition) is 6. The average molecular weight is 482 g/mol. The number of amides is 3. The number of rotatable bonds is 6. The molecule has 1 aliphatic heterocycles. The molecular weight excluding hydrogens is 462 g/mol.